The standard InChI is InChI=1S/C16H28O2/c1-3-12-17-14-16(15-18-13-4-2)10-8-6-5-7-9-11-16/h3-4H,1-2,5-15H2. The lowest BCUT2D eigenvalue weighted by Crippen LogP contribution is -2.33. The van der Waals surface area contributed by atoms with Crippen molar-refractivity contribution < 1.29 is 9.47 Å². The van der Waals surface area contributed by atoms with Crippen molar-refractivity contribution in [2.24, 2.45) is 5.41 Å². The molecule has 18 heavy (non-hydrogen) atoms. The summed E-state index contributed by atoms with van der Waals surface area (Å²) in [5.74, 6) is 0. The van der Waals surface area contributed by atoms with Crippen LogP contribution in [-0.2, 0) is 9.47 Å². The van der Waals surface area contributed by atoms with Gasteiger partial charge in [-0.15, -0.1) is 13.2 Å². The molecule has 104 valence electrons. The Hall–Kier alpha value is -0.600. The predicted octanol–water partition coefficient (Wildman–Crippen LogP) is 4.12. The van der Waals surface area contributed by atoms with Crippen LogP contribution in [-0.4, -0.2) is 26.4 Å². The van der Waals surface area contributed by atoms with E-state index < -0.39 is 0 Å². The van der Waals surface area contributed by atoms with Gasteiger partial charge in [0.15, 0.2) is 0 Å². The van der Waals surface area contributed by atoms with E-state index in [1.807, 2.05) is 12.2 Å². The van der Waals surface area contributed by atoms with Crippen molar-refractivity contribution in [2.75, 3.05) is 26.4 Å². The van der Waals surface area contributed by atoms with Crippen molar-refractivity contribution >= 4 is 0 Å². The Labute approximate surface area is 112 Å². The maximum Gasteiger partial charge on any atom is 0.0645 e. The van der Waals surface area contributed by atoms with E-state index in [0.29, 0.717) is 13.2 Å². The summed E-state index contributed by atoms with van der Waals surface area (Å²) in [5.41, 5.74) is 0.215. The van der Waals surface area contributed by atoms with Gasteiger partial charge in [0.25, 0.3) is 0 Å². The molecule has 0 saturated heterocycles. The van der Waals surface area contributed by atoms with Crippen molar-refractivity contribution in [3.05, 3.63) is 25.3 Å². The molecule has 1 fully saturated rings. The summed E-state index contributed by atoms with van der Waals surface area (Å²) in [6, 6.07) is 0. The molecule has 2 nitrogen and oxygen atoms in total. The minimum atomic E-state index is 0.215. The van der Waals surface area contributed by atoms with Crippen LogP contribution in [0.4, 0.5) is 0 Å². The highest BCUT2D eigenvalue weighted by molar-refractivity contribution is 4.82. The molecular formula is C16H28O2. The molecule has 0 N–H and O–H groups in total. The van der Waals surface area contributed by atoms with E-state index in [1.165, 1.54) is 44.9 Å². The van der Waals surface area contributed by atoms with Gasteiger partial charge in [0.2, 0.25) is 0 Å². The van der Waals surface area contributed by atoms with Crippen molar-refractivity contribution in [2.45, 2.75) is 44.9 Å². The monoisotopic (exact) mass is 252 g/mol. The summed E-state index contributed by atoms with van der Waals surface area (Å²) in [6.07, 6.45) is 12.8. The Bertz CT molecular complexity index is 211. The first-order valence-corrected chi connectivity index (χ1v) is 7.20. The Morgan fingerprint density at radius 2 is 1.22 bits per heavy atom. The molecule has 0 aromatic carbocycles. The SMILES string of the molecule is C=CCOCC1(COCC=C)CCCCCCC1. The third-order valence-electron chi connectivity index (χ3n) is 3.70. The van der Waals surface area contributed by atoms with E-state index in [2.05, 4.69) is 13.2 Å². The van der Waals surface area contributed by atoms with Gasteiger partial charge in [-0.1, -0.05) is 44.3 Å². The third kappa shape index (κ3) is 5.83. The molecule has 0 atom stereocenters. The minimum Gasteiger partial charge on any atom is -0.377 e. The highest BCUT2D eigenvalue weighted by Crippen LogP contribution is 2.35. The van der Waals surface area contributed by atoms with Gasteiger partial charge in [-0.3, -0.25) is 0 Å². The second kappa shape index (κ2) is 9.35. The molecule has 0 radical (unpaired) electrons. The zero-order valence-electron chi connectivity index (χ0n) is 11.7. The zero-order valence-corrected chi connectivity index (χ0v) is 11.7. The maximum atomic E-state index is 5.73. The van der Waals surface area contributed by atoms with Crippen LogP contribution >= 0.6 is 0 Å². The van der Waals surface area contributed by atoms with E-state index >= 15 is 0 Å². The summed E-state index contributed by atoms with van der Waals surface area (Å²) in [6.45, 7) is 10.3. The van der Waals surface area contributed by atoms with Crippen LogP contribution < -0.4 is 0 Å². The van der Waals surface area contributed by atoms with Gasteiger partial charge >= 0.3 is 0 Å². The van der Waals surface area contributed by atoms with Gasteiger partial charge in [-0.05, 0) is 12.8 Å². The Morgan fingerprint density at radius 3 is 1.67 bits per heavy atom. The van der Waals surface area contributed by atoms with E-state index in [0.717, 1.165) is 13.2 Å². The lowest BCUT2D eigenvalue weighted by atomic mass is 9.77. The summed E-state index contributed by atoms with van der Waals surface area (Å²) in [7, 11) is 0. The zero-order chi connectivity index (χ0) is 13.1. The van der Waals surface area contributed by atoms with Crippen LogP contribution in [0, 0.1) is 5.41 Å². The van der Waals surface area contributed by atoms with Crippen molar-refractivity contribution in [3.8, 4) is 0 Å². The van der Waals surface area contributed by atoms with Crippen LogP contribution in [0.2, 0.25) is 0 Å². The van der Waals surface area contributed by atoms with Crippen LogP contribution in [0.15, 0.2) is 25.3 Å². The normalized spacial score (nSPS) is 19.8. The predicted molar refractivity (Wildman–Crippen MR) is 76.8 cm³/mol. The molecule has 1 aliphatic carbocycles. The lowest BCUT2D eigenvalue weighted by Gasteiger charge is -2.34. The molecule has 1 aliphatic rings. The number of ether oxygens (including phenoxy) is 2. The quantitative estimate of drug-likeness (QED) is 0.478. The van der Waals surface area contributed by atoms with Crippen molar-refractivity contribution in [1.82, 2.24) is 0 Å². The van der Waals surface area contributed by atoms with Gasteiger partial charge in [0, 0.05) is 5.41 Å². The first-order chi connectivity index (χ1) is 8.83. The summed E-state index contributed by atoms with van der Waals surface area (Å²) >= 11 is 0. The molecule has 0 spiro atoms. The smallest absolute Gasteiger partial charge is 0.0645 e. The molecule has 0 bridgehead atoms. The van der Waals surface area contributed by atoms with Crippen LogP contribution in [0.1, 0.15) is 44.9 Å². The molecule has 1 rings (SSSR count). The average molecular weight is 252 g/mol. The van der Waals surface area contributed by atoms with E-state index in [9.17, 15) is 0 Å². The fraction of sp³-hybridized carbons (Fsp3) is 0.750. The Morgan fingerprint density at radius 1 is 0.778 bits per heavy atom. The number of hydrogen-bond donors (Lipinski definition) is 0. The van der Waals surface area contributed by atoms with Gasteiger partial charge in [0.1, 0.15) is 0 Å². The fourth-order valence-corrected chi connectivity index (χ4v) is 2.70. The lowest BCUT2D eigenvalue weighted by molar-refractivity contribution is -0.0240. The first-order valence-electron chi connectivity index (χ1n) is 7.20. The Kier molecular flexibility index (Phi) is 8.03. The van der Waals surface area contributed by atoms with Crippen molar-refractivity contribution in [1.29, 1.82) is 0 Å². The average Bonchev–Trinajstić information content (AvgIpc) is 2.34. The highest BCUT2D eigenvalue weighted by Gasteiger charge is 2.30. The highest BCUT2D eigenvalue weighted by atomic mass is 16.5. The summed E-state index contributed by atoms with van der Waals surface area (Å²) in [4.78, 5) is 0. The minimum absolute atomic E-state index is 0.215. The molecule has 0 amide bonds. The molecular weight excluding hydrogens is 224 g/mol. The van der Waals surface area contributed by atoms with E-state index in [-0.39, 0.29) is 5.41 Å². The second-order valence-electron chi connectivity index (χ2n) is 5.38. The van der Waals surface area contributed by atoms with Crippen molar-refractivity contribution in [3.63, 3.8) is 0 Å². The fourth-order valence-electron chi connectivity index (χ4n) is 2.70. The van der Waals surface area contributed by atoms with Gasteiger partial charge in [-0.25, -0.2) is 0 Å². The third-order valence-corrected chi connectivity index (χ3v) is 3.70. The summed E-state index contributed by atoms with van der Waals surface area (Å²) in [5, 5.41) is 0. The molecule has 2 heteroatoms. The first kappa shape index (κ1) is 15.5. The second-order valence-corrected chi connectivity index (χ2v) is 5.38. The van der Waals surface area contributed by atoms with Gasteiger partial charge < -0.3 is 9.47 Å². The van der Waals surface area contributed by atoms with Gasteiger partial charge in [-0.2, -0.15) is 0 Å². The molecule has 0 unspecified atom stereocenters. The van der Waals surface area contributed by atoms with Crippen LogP contribution in [0.3, 0.4) is 0 Å². The Balaban J connectivity index is 2.50. The van der Waals surface area contributed by atoms with Gasteiger partial charge in [0.05, 0.1) is 26.4 Å². The van der Waals surface area contributed by atoms with E-state index in [4.69, 9.17) is 9.47 Å². The topological polar surface area (TPSA) is 18.5 Å². The molecule has 1 saturated carbocycles. The largest absolute Gasteiger partial charge is 0.377 e. The van der Waals surface area contributed by atoms with Crippen LogP contribution in [0.25, 0.3) is 0 Å². The molecule has 0 aromatic rings. The number of hydrogen-bond acceptors (Lipinski definition) is 2. The summed E-state index contributed by atoms with van der Waals surface area (Å²) < 4.78 is 11.5. The molecule has 0 aromatic heterocycles. The molecule has 0 heterocycles. The molecule has 0 aliphatic heterocycles. The number of rotatable bonds is 8. The van der Waals surface area contributed by atoms with E-state index in [1.54, 1.807) is 0 Å². The maximum absolute atomic E-state index is 5.73. The van der Waals surface area contributed by atoms with Crippen LogP contribution in [0.5, 0.6) is 0 Å².